The summed E-state index contributed by atoms with van der Waals surface area (Å²) in [5, 5.41) is 3.13. The lowest BCUT2D eigenvalue weighted by Crippen LogP contribution is -2.41. The Hall–Kier alpha value is -2.75. The van der Waals surface area contributed by atoms with Gasteiger partial charge in [0.25, 0.3) is 5.91 Å². The highest BCUT2D eigenvalue weighted by Gasteiger charge is 2.34. The highest BCUT2D eigenvalue weighted by molar-refractivity contribution is 5.94. The second kappa shape index (κ2) is 7.01. The molecule has 1 N–H and O–H groups in total. The van der Waals surface area contributed by atoms with Crippen LogP contribution in [-0.4, -0.2) is 18.1 Å². The van der Waals surface area contributed by atoms with Crippen molar-refractivity contribution in [2.24, 2.45) is 0 Å². The van der Waals surface area contributed by atoms with Gasteiger partial charge in [0.15, 0.2) is 0 Å². The van der Waals surface area contributed by atoms with Gasteiger partial charge in [-0.2, -0.15) is 0 Å². The van der Waals surface area contributed by atoms with Crippen molar-refractivity contribution in [1.29, 1.82) is 0 Å². The van der Waals surface area contributed by atoms with Crippen molar-refractivity contribution in [1.82, 2.24) is 5.32 Å². The van der Waals surface area contributed by atoms with Crippen molar-refractivity contribution in [3.8, 4) is 11.5 Å². The van der Waals surface area contributed by atoms with E-state index in [4.69, 9.17) is 9.47 Å². The minimum atomic E-state index is -0.325. The number of para-hydroxylation sites is 1. The van der Waals surface area contributed by atoms with Crippen LogP contribution >= 0.6 is 0 Å². The molecular formula is C21H23NO3. The topological polar surface area (TPSA) is 47.6 Å². The summed E-state index contributed by atoms with van der Waals surface area (Å²) in [6, 6.07) is 14.9. The van der Waals surface area contributed by atoms with Crippen LogP contribution in [0.3, 0.4) is 0 Å². The summed E-state index contributed by atoms with van der Waals surface area (Å²) in [5.74, 6) is 1.44. The van der Waals surface area contributed by atoms with E-state index in [1.807, 2.05) is 38.1 Å². The number of rotatable bonds is 5. The Balaban J connectivity index is 1.75. The van der Waals surface area contributed by atoms with Crippen molar-refractivity contribution >= 4 is 5.91 Å². The Labute approximate surface area is 148 Å². The fourth-order valence-electron chi connectivity index (χ4n) is 3.03. The summed E-state index contributed by atoms with van der Waals surface area (Å²) in [5.41, 5.74) is 1.29. The van der Waals surface area contributed by atoms with Gasteiger partial charge in [-0.15, -0.1) is 0 Å². The van der Waals surface area contributed by atoms with E-state index in [1.165, 1.54) is 0 Å². The number of benzene rings is 2. The smallest absolute Gasteiger partial charge is 0.251 e. The molecule has 0 spiro atoms. The van der Waals surface area contributed by atoms with Gasteiger partial charge in [-0.25, -0.2) is 0 Å². The van der Waals surface area contributed by atoms with Crippen LogP contribution in [0.25, 0.3) is 0 Å². The SMILES string of the molecule is C=CCOc1ccc(C(=O)NC2CC(C)(C)Oc3ccccc32)cc1. The molecule has 1 aliphatic heterocycles. The summed E-state index contributed by atoms with van der Waals surface area (Å²) in [6.07, 6.45) is 2.40. The van der Waals surface area contributed by atoms with E-state index in [9.17, 15) is 4.79 Å². The molecular weight excluding hydrogens is 314 g/mol. The molecule has 0 bridgehead atoms. The van der Waals surface area contributed by atoms with E-state index in [2.05, 4.69) is 11.9 Å². The second-order valence-corrected chi connectivity index (χ2v) is 6.75. The number of amides is 1. The maximum Gasteiger partial charge on any atom is 0.251 e. The summed E-state index contributed by atoms with van der Waals surface area (Å²) in [4.78, 5) is 12.7. The standard InChI is InChI=1S/C21H23NO3/c1-4-13-24-16-11-9-15(10-12-16)20(23)22-18-14-21(2,3)25-19-8-6-5-7-17(18)19/h4-12,18H,1,13-14H2,2-3H3,(H,22,23). The minimum absolute atomic E-state index is 0.0795. The third kappa shape index (κ3) is 4.02. The number of hydrogen-bond donors (Lipinski definition) is 1. The normalized spacial score (nSPS) is 17.8. The van der Waals surface area contributed by atoms with Gasteiger partial charge < -0.3 is 14.8 Å². The molecule has 0 saturated heterocycles. The Kier molecular flexibility index (Phi) is 4.79. The molecule has 1 aliphatic rings. The van der Waals surface area contributed by atoms with Crippen LogP contribution in [0.4, 0.5) is 0 Å². The summed E-state index contributed by atoms with van der Waals surface area (Å²) < 4.78 is 11.5. The molecule has 0 aliphatic carbocycles. The summed E-state index contributed by atoms with van der Waals surface area (Å²) in [6.45, 7) is 8.13. The number of fused-ring (bicyclic) bond motifs is 1. The number of carbonyl (C=O) groups excluding carboxylic acids is 1. The quantitative estimate of drug-likeness (QED) is 0.828. The lowest BCUT2D eigenvalue weighted by molar-refractivity contribution is 0.0620. The van der Waals surface area contributed by atoms with Crippen LogP contribution in [0.1, 0.15) is 42.2 Å². The molecule has 4 heteroatoms. The predicted molar refractivity (Wildman–Crippen MR) is 98.1 cm³/mol. The maximum atomic E-state index is 12.7. The first kappa shape index (κ1) is 17.1. The van der Waals surface area contributed by atoms with E-state index in [0.717, 1.165) is 17.7 Å². The van der Waals surface area contributed by atoms with Crippen molar-refractivity contribution in [3.05, 3.63) is 72.3 Å². The Morgan fingerprint density at radius 2 is 2.00 bits per heavy atom. The highest BCUT2D eigenvalue weighted by Crippen LogP contribution is 2.39. The van der Waals surface area contributed by atoms with Crippen LogP contribution in [-0.2, 0) is 0 Å². The Morgan fingerprint density at radius 3 is 2.72 bits per heavy atom. The molecule has 2 aromatic rings. The predicted octanol–water partition coefficient (Wildman–Crippen LogP) is 4.28. The lowest BCUT2D eigenvalue weighted by Gasteiger charge is -2.37. The number of ether oxygens (including phenoxy) is 2. The van der Waals surface area contributed by atoms with E-state index >= 15 is 0 Å². The van der Waals surface area contributed by atoms with Crippen molar-refractivity contribution < 1.29 is 14.3 Å². The van der Waals surface area contributed by atoms with Gasteiger partial charge in [-0.3, -0.25) is 4.79 Å². The monoisotopic (exact) mass is 337 g/mol. The average Bonchev–Trinajstić information content (AvgIpc) is 2.59. The molecule has 1 unspecified atom stereocenters. The van der Waals surface area contributed by atoms with Gasteiger partial charge in [0.2, 0.25) is 0 Å². The van der Waals surface area contributed by atoms with Gasteiger partial charge in [0.05, 0.1) is 6.04 Å². The third-order valence-corrected chi connectivity index (χ3v) is 4.17. The molecule has 0 aromatic heterocycles. The minimum Gasteiger partial charge on any atom is -0.490 e. The van der Waals surface area contributed by atoms with Crippen LogP contribution in [0.5, 0.6) is 11.5 Å². The first-order valence-electron chi connectivity index (χ1n) is 8.41. The molecule has 1 amide bonds. The molecule has 0 saturated carbocycles. The largest absolute Gasteiger partial charge is 0.490 e. The highest BCUT2D eigenvalue weighted by atomic mass is 16.5. The Morgan fingerprint density at radius 1 is 1.28 bits per heavy atom. The molecule has 0 radical (unpaired) electrons. The van der Waals surface area contributed by atoms with Crippen molar-refractivity contribution in [2.45, 2.75) is 31.9 Å². The van der Waals surface area contributed by atoms with E-state index in [-0.39, 0.29) is 17.6 Å². The first-order chi connectivity index (χ1) is 12.0. The molecule has 2 aromatic carbocycles. The third-order valence-electron chi connectivity index (χ3n) is 4.17. The van der Waals surface area contributed by atoms with Gasteiger partial charge in [-0.1, -0.05) is 30.9 Å². The summed E-state index contributed by atoms with van der Waals surface area (Å²) in [7, 11) is 0. The number of nitrogens with one attached hydrogen (secondary N) is 1. The van der Waals surface area contributed by atoms with E-state index in [0.29, 0.717) is 17.9 Å². The molecule has 0 fully saturated rings. The fraction of sp³-hybridized carbons (Fsp3) is 0.286. The van der Waals surface area contributed by atoms with E-state index < -0.39 is 0 Å². The average molecular weight is 337 g/mol. The molecule has 3 rings (SSSR count). The van der Waals surface area contributed by atoms with Crippen LogP contribution in [0.15, 0.2) is 61.2 Å². The van der Waals surface area contributed by atoms with Crippen LogP contribution in [0.2, 0.25) is 0 Å². The second-order valence-electron chi connectivity index (χ2n) is 6.75. The van der Waals surface area contributed by atoms with Crippen LogP contribution in [0, 0.1) is 0 Å². The summed E-state index contributed by atoms with van der Waals surface area (Å²) >= 11 is 0. The van der Waals surface area contributed by atoms with Crippen molar-refractivity contribution in [2.75, 3.05) is 6.61 Å². The van der Waals surface area contributed by atoms with Gasteiger partial charge in [0, 0.05) is 17.5 Å². The number of carbonyl (C=O) groups is 1. The maximum absolute atomic E-state index is 12.7. The molecule has 25 heavy (non-hydrogen) atoms. The Bertz CT molecular complexity index is 765. The van der Waals surface area contributed by atoms with E-state index in [1.54, 1.807) is 30.3 Å². The van der Waals surface area contributed by atoms with Gasteiger partial charge in [-0.05, 0) is 44.2 Å². The zero-order valence-corrected chi connectivity index (χ0v) is 14.6. The van der Waals surface area contributed by atoms with Crippen molar-refractivity contribution in [3.63, 3.8) is 0 Å². The molecule has 4 nitrogen and oxygen atoms in total. The molecule has 1 atom stereocenters. The molecule has 130 valence electrons. The number of hydrogen-bond acceptors (Lipinski definition) is 3. The lowest BCUT2D eigenvalue weighted by atomic mass is 9.89. The zero-order chi connectivity index (χ0) is 17.9. The van der Waals surface area contributed by atoms with Gasteiger partial charge in [0.1, 0.15) is 23.7 Å². The molecule has 1 heterocycles. The van der Waals surface area contributed by atoms with Crippen LogP contribution < -0.4 is 14.8 Å². The zero-order valence-electron chi connectivity index (χ0n) is 14.6. The fourth-order valence-corrected chi connectivity index (χ4v) is 3.03. The van der Waals surface area contributed by atoms with Gasteiger partial charge >= 0.3 is 0 Å². The first-order valence-corrected chi connectivity index (χ1v) is 8.41.